The van der Waals surface area contributed by atoms with Gasteiger partial charge in [-0.25, -0.2) is 4.79 Å². The number of anilines is 2. The Morgan fingerprint density at radius 1 is 0.857 bits per heavy atom. The van der Waals surface area contributed by atoms with Crippen LogP contribution < -0.4 is 15.0 Å². The number of hydrogen-bond acceptors (Lipinski definition) is 5. The average Bonchev–Trinajstić information content (AvgIpc) is 3.00. The second-order valence-corrected chi connectivity index (χ2v) is 11.0. The Hall–Kier alpha value is -4.23. The lowest BCUT2D eigenvalue weighted by Crippen LogP contribution is -2.37. The van der Waals surface area contributed by atoms with Crippen LogP contribution in [0.25, 0.3) is 0 Å². The summed E-state index contributed by atoms with van der Waals surface area (Å²) < 4.78 is 10.9. The van der Waals surface area contributed by atoms with Crippen molar-refractivity contribution in [3.63, 3.8) is 0 Å². The molecular formula is C35H38N2O4S. The highest BCUT2D eigenvalue weighted by atomic mass is 32.2. The van der Waals surface area contributed by atoms with Crippen molar-refractivity contribution in [3.8, 4) is 5.75 Å². The van der Waals surface area contributed by atoms with Crippen molar-refractivity contribution in [3.05, 3.63) is 114 Å². The number of rotatable bonds is 13. The Morgan fingerprint density at radius 2 is 1.60 bits per heavy atom. The molecule has 0 aromatic heterocycles. The van der Waals surface area contributed by atoms with Crippen LogP contribution in [-0.2, 0) is 16.0 Å². The average molecular weight is 583 g/mol. The largest absolute Gasteiger partial charge is 0.494 e. The Kier molecular flexibility index (Phi) is 11.5. The van der Waals surface area contributed by atoms with Gasteiger partial charge in [0.25, 0.3) is 0 Å². The van der Waals surface area contributed by atoms with E-state index in [2.05, 4.69) is 12.2 Å². The lowest BCUT2D eigenvalue weighted by Gasteiger charge is -2.30. The molecule has 6 nitrogen and oxygen atoms in total. The highest BCUT2D eigenvalue weighted by Gasteiger charge is 2.24. The van der Waals surface area contributed by atoms with Gasteiger partial charge in [0.15, 0.2) is 0 Å². The lowest BCUT2D eigenvalue weighted by atomic mass is 10.1. The molecule has 4 aromatic carbocycles. The number of carbonyl (C=O) groups excluding carboxylic acids is 2. The molecule has 4 aromatic rings. The smallest absolute Gasteiger partial charge is 0.326 e. The first-order chi connectivity index (χ1) is 20.5. The Bertz CT molecular complexity index is 1430. The van der Waals surface area contributed by atoms with Crippen LogP contribution in [0, 0.1) is 0 Å². The van der Waals surface area contributed by atoms with Crippen LogP contribution in [0.4, 0.5) is 16.2 Å². The molecule has 0 spiro atoms. The van der Waals surface area contributed by atoms with E-state index in [1.165, 1.54) is 0 Å². The van der Waals surface area contributed by atoms with Gasteiger partial charge in [-0.05, 0) is 86.0 Å². The number of nitrogens with one attached hydrogen (secondary N) is 1. The van der Waals surface area contributed by atoms with Gasteiger partial charge in [-0.15, -0.1) is 0 Å². The minimum absolute atomic E-state index is 0.205. The quantitative estimate of drug-likeness (QED) is 0.126. The van der Waals surface area contributed by atoms with Crippen molar-refractivity contribution in [2.75, 3.05) is 23.4 Å². The predicted molar refractivity (Wildman–Crippen MR) is 171 cm³/mol. The molecule has 0 saturated heterocycles. The number of urea groups is 1. The lowest BCUT2D eigenvalue weighted by molar-refractivity contribution is -0.142. The SMILES string of the molecule is CCCCOc1ccc(N(C(=O)Nc2cccc(Sc3ccc(CC(=O)OCC)cc3)c2)C(C)c2ccccc2)cc1. The topological polar surface area (TPSA) is 67.9 Å². The minimum Gasteiger partial charge on any atom is -0.494 e. The van der Waals surface area contributed by atoms with Crippen molar-refractivity contribution in [1.29, 1.82) is 0 Å². The molecule has 0 aliphatic heterocycles. The molecule has 1 N–H and O–H groups in total. The summed E-state index contributed by atoms with van der Waals surface area (Å²) in [6.07, 6.45) is 2.33. The summed E-state index contributed by atoms with van der Waals surface area (Å²) in [5.41, 5.74) is 3.42. The summed E-state index contributed by atoms with van der Waals surface area (Å²) in [6.45, 7) is 7.01. The molecule has 1 atom stereocenters. The predicted octanol–water partition coefficient (Wildman–Crippen LogP) is 8.92. The Balaban J connectivity index is 1.48. The van der Waals surface area contributed by atoms with Crippen molar-refractivity contribution < 1.29 is 19.1 Å². The summed E-state index contributed by atoms with van der Waals surface area (Å²) in [7, 11) is 0. The molecule has 0 aliphatic rings. The van der Waals surface area contributed by atoms with E-state index in [0.717, 1.165) is 45.2 Å². The van der Waals surface area contributed by atoms with Gasteiger partial charge in [-0.2, -0.15) is 0 Å². The molecule has 1 unspecified atom stereocenters. The van der Waals surface area contributed by atoms with Gasteiger partial charge in [0.2, 0.25) is 0 Å². The molecule has 7 heteroatoms. The molecular weight excluding hydrogens is 544 g/mol. The van der Waals surface area contributed by atoms with Crippen LogP contribution >= 0.6 is 11.8 Å². The third kappa shape index (κ3) is 8.88. The van der Waals surface area contributed by atoms with Gasteiger partial charge in [0.1, 0.15) is 5.75 Å². The zero-order chi connectivity index (χ0) is 29.7. The van der Waals surface area contributed by atoms with Gasteiger partial charge in [-0.1, -0.05) is 73.6 Å². The molecule has 0 heterocycles. The van der Waals surface area contributed by atoms with Crippen molar-refractivity contribution in [2.45, 2.75) is 55.9 Å². The molecule has 0 bridgehead atoms. The van der Waals surface area contributed by atoms with E-state index >= 15 is 0 Å². The monoisotopic (exact) mass is 582 g/mol. The fourth-order valence-electron chi connectivity index (χ4n) is 4.45. The summed E-state index contributed by atoms with van der Waals surface area (Å²) in [4.78, 5) is 29.4. The van der Waals surface area contributed by atoms with E-state index in [1.54, 1.807) is 23.6 Å². The molecule has 0 radical (unpaired) electrons. The summed E-state index contributed by atoms with van der Waals surface area (Å²) in [5.74, 6) is 0.562. The van der Waals surface area contributed by atoms with Gasteiger partial charge < -0.3 is 14.8 Å². The van der Waals surface area contributed by atoms with E-state index in [1.807, 2.05) is 110 Å². The summed E-state index contributed by atoms with van der Waals surface area (Å²) >= 11 is 1.59. The van der Waals surface area contributed by atoms with E-state index in [-0.39, 0.29) is 24.5 Å². The molecule has 0 fully saturated rings. The Labute approximate surface area is 253 Å². The van der Waals surface area contributed by atoms with Crippen molar-refractivity contribution in [1.82, 2.24) is 0 Å². The van der Waals surface area contributed by atoms with E-state index < -0.39 is 0 Å². The number of amides is 2. The van der Waals surface area contributed by atoms with Crippen LogP contribution in [0.15, 0.2) is 113 Å². The zero-order valence-corrected chi connectivity index (χ0v) is 25.2. The zero-order valence-electron chi connectivity index (χ0n) is 24.4. The number of ether oxygens (including phenoxy) is 2. The molecule has 0 saturated carbocycles. The second kappa shape index (κ2) is 15.7. The molecule has 218 valence electrons. The molecule has 4 rings (SSSR count). The fourth-order valence-corrected chi connectivity index (χ4v) is 5.32. The summed E-state index contributed by atoms with van der Waals surface area (Å²) in [6, 6.07) is 32.9. The number of unbranched alkanes of at least 4 members (excludes halogenated alkanes) is 1. The van der Waals surface area contributed by atoms with Crippen molar-refractivity contribution in [2.24, 2.45) is 0 Å². The number of carbonyl (C=O) groups is 2. The van der Waals surface area contributed by atoms with E-state index in [9.17, 15) is 9.59 Å². The highest BCUT2D eigenvalue weighted by Crippen LogP contribution is 2.32. The molecule has 2 amide bonds. The van der Waals surface area contributed by atoms with Crippen LogP contribution in [0.5, 0.6) is 5.75 Å². The van der Waals surface area contributed by atoms with Crippen LogP contribution in [-0.4, -0.2) is 25.2 Å². The number of benzene rings is 4. The minimum atomic E-state index is -0.228. The normalized spacial score (nSPS) is 11.4. The third-order valence-corrected chi connectivity index (χ3v) is 7.67. The first kappa shape index (κ1) is 30.7. The number of esters is 1. The summed E-state index contributed by atoms with van der Waals surface area (Å²) in [5, 5.41) is 3.11. The van der Waals surface area contributed by atoms with Crippen LogP contribution in [0.2, 0.25) is 0 Å². The third-order valence-electron chi connectivity index (χ3n) is 6.67. The van der Waals surface area contributed by atoms with Gasteiger partial charge in [0, 0.05) is 21.2 Å². The van der Waals surface area contributed by atoms with E-state index in [0.29, 0.717) is 18.9 Å². The van der Waals surface area contributed by atoms with Gasteiger partial charge >= 0.3 is 12.0 Å². The van der Waals surface area contributed by atoms with Crippen LogP contribution in [0.1, 0.15) is 50.8 Å². The van der Waals surface area contributed by atoms with Crippen molar-refractivity contribution >= 4 is 35.1 Å². The fraction of sp³-hybridized carbons (Fsp3) is 0.257. The molecule has 42 heavy (non-hydrogen) atoms. The maximum absolute atomic E-state index is 13.8. The maximum Gasteiger partial charge on any atom is 0.326 e. The number of nitrogens with zero attached hydrogens (tertiary/aromatic N) is 1. The van der Waals surface area contributed by atoms with Crippen LogP contribution in [0.3, 0.4) is 0 Å². The Morgan fingerprint density at radius 3 is 2.29 bits per heavy atom. The first-order valence-corrected chi connectivity index (χ1v) is 15.2. The standard InChI is InChI=1S/C35H38N2O4S/c1-4-6-23-41-31-19-17-30(18-20-31)37(26(3)28-11-8-7-9-12-28)35(39)36-29-13-10-14-33(25-29)42-32-21-15-27(16-22-32)24-34(38)40-5-2/h7-22,25-26H,4-6,23-24H2,1-3H3,(H,36,39). The number of hydrogen-bond donors (Lipinski definition) is 1. The maximum atomic E-state index is 13.8. The second-order valence-electron chi connectivity index (χ2n) is 9.84. The van der Waals surface area contributed by atoms with Gasteiger partial charge in [0.05, 0.1) is 25.7 Å². The van der Waals surface area contributed by atoms with Gasteiger partial charge in [-0.3, -0.25) is 9.69 Å². The first-order valence-electron chi connectivity index (χ1n) is 14.4. The highest BCUT2D eigenvalue weighted by molar-refractivity contribution is 7.99. The van der Waals surface area contributed by atoms with E-state index in [4.69, 9.17) is 9.47 Å². The molecule has 0 aliphatic carbocycles.